The molecule has 1 amide bonds. The van der Waals surface area contributed by atoms with E-state index < -0.39 is 0 Å². The third-order valence-corrected chi connectivity index (χ3v) is 1.36. The van der Waals surface area contributed by atoms with Crippen molar-refractivity contribution in [3.05, 3.63) is 30.8 Å². The van der Waals surface area contributed by atoms with Crippen LogP contribution in [0.4, 0.5) is 5.82 Å². The number of anilines is 1. The van der Waals surface area contributed by atoms with Gasteiger partial charge in [0.25, 0.3) is 0 Å². The van der Waals surface area contributed by atoms with E-state index >= 15 is 0 Å². The van der Waals surface area contributed by atoms with Gasteiger partial charge in [0.05, 0.1) is 6.20 Å². The molecule has 13 heavy (non-hydrogen) atoms. The second kappa shape index (κ2) is 4.25. The van der Waals surface area contributed by atoms with E-state index in [0.717, 1.165) is 0 Å². The number of imidazole rings is 1. The topological polar surface area (TPSA) is 57.8 Å². The molecule has 68 valence electrons. The highest BCUT2D eigenvalue weighted by Gasteiger charge is 1.99. The molecule has 0 bridgehead atoms. The number of carbonyl (C=O) groups is 1. The van der Waals surface area contributed by atoms with E-state index in [0.29, 0.717) is 11.6 Å². The molecule has 0 unspecified atom stereocenters. The summed E-state index contributed by atoms with van der Waals surface area (Å²) in [4.78, 5) is 17.8. The van der Waals surface area contributed by atoms with Gasteiger partial charge in [-0.25, -0.2) is 4.98 Å². The molecular weight excluding hydrogens is 166 g/mol. The summed E-state index contributed by atoms with van der Waals surface area (Å²) in [6.45, 7) is 5.23. The SMILES string of the molecule is C=CC(=O)Nc1cnc(C=CC)[nH]1. The fourth-order valence-electron chi connectivity index (χ4n) is 0.826. The number of nitrogens with zero attached hydrogens (tertiary/aromatic N) is 1. The Bertz CT molecular complexity index is 338. The van der Waals surface area contributed by atoms with Crippen molar-refractivity contribution in [1.29, 1.82) is 0 Å². The summed E-state index contributed by atoms with van der Waals surface area (Å²) in [7, 11) is 0. The molecular formula is C9H11N3O. The molecule has 1 aromatic heterocycles. The Morgan fingerprint density at radius 1 is 1.77 bits per heavy atom. The van der Waals surface area contributed by atoms with Crippen molar-refractivity contribution >= 4 is 17.8 Å². The second-order valence-corrected chi connectivity index (χ2v) is 2.38. The maximum Gasteiger partial charge on any atom is 0.248 e. The summed E-state index contributed by atoms with van der Waals surface area (Å²) in [5, 5.41) is 2.56. The lowest BCUT2D eigenvalue weighted by Gasteiger charge is -1.94. The van der Waals surface area contributed by atoms with Gasteiger partial charge >= 0.3 is 0 Å². The molecule has 0 atom stereocenters. The van der Waals surface area contributed by atoms with Gasteiger partial charge in [-0.05, 0) is 19.1 Å². The van der Waals surface area contributed by atoms with Crippen LogP contribution in [-0.4, -0.2) is 15.9 Å². The molecule has 0 spiro atoms. The molecule has 0 radical (unpaired) electrons. The van der Waals surface area contributed by atoms with Gasteiger partial charge in [-0.1, -0.05) is 12.7 Å². The van der Waals surface area contributed by atoms with Gasteiger partial charge in [0.2, 0.25) is 5.91 Å². The predicted octanol–water partition coefficient (Wildman–Crippen LogP) is 1.57. The molecule has 4 heteroatoms. The van der Waals surface area contributed by atoms with E-state index in [2.05, 4.69) is 21.9 Å². The van der Waals surface area contributed by atoms with Crippen LogP contribution >= 0.6 is 0 Å². The Morgan fingerprint density at radius 3 is 3.15 bits per heavy atom. The van der Waals surface area contributed by atoms with Crippen LogP contribution in [0, 0.1) is 0 Å². The number of H-pyrrole nitrogens is 1. The minimum Gasteiger partial charge on any atom is -0.325 e. The molecule has 1 rings (SSSR count). The first kappa shape index (κ1) is 9.25. The van der Waals surface area contributed by atoms with Crippen molar-refractivity contribution in [3.63, 3.8) is 0 Å². The van der Waals surface area contributed by atoms with Crippen LogP contribution in [0.15, 0.2) is 24.9 Å². The molecule has 1 aromatic rings. The van der Waals surface area contributed by atoms with Crippen LogP contribution in [0.1, 0.15) is 12.7 Å². The number of rotatable bonds is 3. The van der Waals surface area contributed by atoms with E-state index in [1.165, 1.54) is 6.08 Å². The van der Waals surface area contributed by atoms with Crippen LogP contribution < -0.4 is 5.32 Å². The largest absolute Gasteiger partial charge is 0.325 e. The van der Waals surface area contributed by atoms with E-state index in [1.54, 1.807) is 6.20 Å². The van der Waals surface area contributed by atoms with Crippen molar-refractivity contribution < 1.29 is 4.79 Å². The van der Waals surface area contributed by atoms with Crippen molar-refractivity contribution in [2.45, 2.75) is 6.92 Å². The normalized spacial score (nSPS) is 10.2. The first-order valence-corrected chi connectivity index (χ1v) is 3.87. The maximum absolute atomic E-state index is 10.9. The molecule has 4 nitrogen and oxygen atoms in total. The number of hydrogen-bond donors (Lipinski definition) is 2. The van der Waals surface area contributed by atoms with E-state index in [-0.39, 0.29) is 5.91 Å². The van der Waals surface area contributed by atoms with Gasteiger partial charge in [-0.15, -0.1) is 0 Å². The zero-order valence-corrected chi connectivity index (χ0v) is 7.37. The van der Waals surface area contributed by atoms with Gasteiger partial charge in [-0.3, -0.25) is 4.79 Å². The minimum atomic E-state index is -0.254. The molecule has 0 aliphatic heterocycles. The summed E-state index contributed by atoms with van der Waals surface area (Å²) >= 11 is 0. The zero-order chi connectivity index (χ0) is 9.68. The van der Waals surface area contributed by atoms with Crippen LogP contribution in [0.2, 0.25) is 0 Å². The number of allylic oxidation sites excluding steroid dienone is 1. The third kappa shape index (κ3) is 2.59. The Labute approximate surface area is 76.4 Å². The summed E-state index contributed by atoms with van der Waals surface area (Å²) in [6, 6.07) is 0. The summed E-state index contributed by atoms with van der Waals surface area (Å²) < 4.78 is 0. The van der Waals surface area contributed by atoms with Crippen LogP contribution in [-0.2, 0) is 4.79 Å². The monoisotopic (exact) mass is 177 g/mol. The number of aromatic amines is 1. The highest BCUT2D eigenvalue weighted by molar-refractivity contribution is 5.98. The zero-order valence-electron chi connectivity index (χ0n) is 7.37. The first-order chi connectivity index (χ1) is 6.26. The Hall–Kier alpha value is -1.84. The Morgan fingerprint density at radius 2 is 2.54 bits per heavy atom. The highest BCUT2D eigenvalue weighted by atomic mass is 16.1. The number of hydrogen-bond acceptors (Lipinski definition) is 2. The van der Waals surface area contributed by atoms with Gasteiger partial charge in [0.1, 0.15) is 11.6 Å². The lowest BCUT2D eigenvalue weighted by atomic mass is 10.5. The smallest absolute Gasteiger partial charge is 0.248 e. The molecule has 0 saturated heterocycles. The van der Waals surface area contributed by atoms with Crippen LogP contribution in [0.25, 0.3) is 6.08 Å². The van der Waals surface area contributed by atoms with Crippen molar-refractivity contribution in [1.82, 2.24) is 9.97 Å². The summed E-state index contributed by atoms with van der Waals surface area (Å²) in [5.41, 5.74) is 0. The molecule has 1 heterocycles. The second-order valence-electron chi connectivity index (χ2n) is 2.38. The van der Waals surface area contributed by atoms with Gasteiger partial charge in [0, 0.05) is 0 Å². The number of nitrogens with one attached hydrogen (secondary N) is 2. The van der Waals surface area contributed by atoms with E-state index in [9.17, 15) is 4.79 Å². The van der Waals surface area contributed by atoms with Gasteiger partial charge in [-0.2, -0.15) is 0 Å². The molecule has 0 fully saturated rings. The highest BCUT2D eigenvalue weighted by Crippen LogP contribution is 2.04. The maximum atomic E-state index is 10.9. The molecule has 2 N–H and O–H groups in total. The Balaban J connectivity index is 2.68. The predicted molar refractivity (Wildman–Crippen MR) is 52.1 cm³/mol. The molecule has 0 saturated carbocycles. The first-order valence-electron chi connectivity index (χ1n) is 3.87. The number of aromatic nitrogens is 2. The average molecular weight is 177 g/mol. The lowest BCUT2D eigenvalue weighted by molar-refractivity contribution is -0.111. The number of carbonyl (C=O) groups excluding carboxylic acids is 1. The molecule has 0 aliphatic rings. The molecule has 0 aliphatic carbocycles. The van der Waals surface area contributed by atoms with Gasteiger partial charge in [0.15, 0.2) is 0 Å². The van der Waals surface area contributed by atoms with E-state index in [4.69, 9.17) is 0 Å². The summed E-state index contributed by atoms with van der Waals surface area (Å²) in [6.07, 6.45) is 6.43. The fraction of sp³-hybridized carbons (Fsp3) is 0.111. The quantitative estimate of drug-likeness (QED) is 0.688. The van der Waals surface area contributed by atoms with Crippen molar-refractivity contribution in [2.75, 3.05) is 5.32 Å². The Kier molecular flexibility index (Phi) is 3.03. The van der Waals surface area contributed by atoms with Crippen LogP contribution in [0.5, 0.6) is 0 Å². The number of amides is 1. The van der Waals surface area contributed by atoms with Gasteiger partial charge < -0.3 is 10.3 Å². The van der Waals surface area contributed by atoms with Crippen molar-refractivity contribution in [2.24, 2.45) is 0 Å². The lowest BCUT2D eigenvalue weighted by Crippen LogP contribution is -2.07. The average Bonchev–Trinajstić information content (AvgIpc) is 2.53. The van der Waals surface area contributed by atoms with E-state index in [1.807, 2.05) is 19.1 Å². The minimum absolute atomic E-state index is 0.254. The van der Waals surface area contributed by atoms with Crippen molar-refractivity contribution in [3.8, 4) is 0 Å². The third-order valence-electron chi connectivity index (χ3n) is 1.36. The fourth-order valence-corrected chi connectivity index (χ4v) is 0.826. The molecule has 0 aromatic carbocycles. The summed E-state index contributed by atoms with van der Waals surface area (Å²) in [5.74, 6) is 1.02. The van der Waals surface area contributed by atoms with Crippen LogP contribution in [0.3, 0.4) is 0 Å². The standard InChI is InChI=1S/C9H11N3O/c1-3-5-7-10-6-8(11-7)12-9(13)4-2/h3-6H,2H2,1H3,(H,10,11)(H,12,13).